The number of carboxylic acids is 1. The summed E-state index contributed by atoms with van der Waals surface area (Å²) in [6, 6.07) is -3.80. The molecule has 8 atom stereocenters. The molecule has 62 heavy (non-hydrogen) atoms. The summed E-state index contributed by atoms with van der Waals surface area (Å²) in [6.07, 6.45) is 13.8. The standard InChI is InChI=1S/C45H80N4O13/c1-6-8-10-12-14-16-18-20-22-24-34(62-39(53)25-23-21-19-17-15-13-11-9-7-2)28-40(54)60-30-37-41(55)42(36(29-59-37)48-33(5)50)61-32(4)45(58)47-31(3)44(57)49-35(43(46)56)26-27-38(51)52/h31-32,34-37,41-42,55H,6-30H2,1-5H3,(H2,46,56)(H,47,58)(H,48,50)(H,49,57)(H,51,52)/t31-,32+,34+,35-,36-,37+,41+,42+/m0/s1/i/hD. The maximum absolute atomic E-state index is 13.3. The largest absolute Gasteiger partial charge is 0.481 e. The molecule has 17 nitrogen and oxygen atoms in total. The van der Waals surface area contributed by atoms with E-state index in [1.807, 2.05) is 0 Å². The van der Waals surface area contributed by atoms with E-state index in [1.54, 1.807) is 0 Å². The number of aliphatic hydroxyl groups excluding tert-OH is 1. The van der Waals surface area contributed by atoms with Gasteiger partial charge in [-0.2, -0.15) is 0 Å². The zero-order valence-corrected chi connectivity index (χ0v) is 38.2. The molecule has 0 aromatic carbocycles. The van der Waals surface area contributed by atoms with E-state index in [9.17, 15) is 38.7 Å². The molecule has 17 heteroatoms. The Morgan fingerprint density at radius 3 is 1.85 bits per heavy atom. The van der Waals surface area contributed by atoms with Gasteiger partial charge < -0.3 is 50.8 Å². The first kappa shape index (κ1) is 54.3. The number of esters is 2. The first-order chi connectivity index (χ1) is 30.0. The number of hydrogen-bond acceptors (Lipinski definition) is 12. The summed E-state index contributed by atoms with van der Waals surface area (Å²) in [7, 11) is 0. The number of aliphatic hydroxyl groups is 1. The topological polar surface area (TPSA) is 259 Å². The number of primary amides is 1. The number of unbranched alkanes of at least 4 members (excludes halogenated alkanes) is 16. The highest BCUT2D eigenvalue weighted by molar-refractivity contribution is 5.92. The Morgan fingerprint density at radius 1 is 0.774 bits per heavy atom. The zero-order valence-electron chi connectivity index (χ0n) is 39.2. The first-order valence-electron chi connectivity index (χ1n) is 23.7. The Balaban J connectivity index is 2.88. The summed E-state index contributed by atoms with van der Waals surface area (Å²) in [5.74, 6) is -5.68. The van der Waals surface area contributed by atoms with Crippen molar-refractivity contribution >= 4 is 41.5 Å². The van der Waals surface area contributed by atoms with Gasteiger partial charge in [-0.3, -0.25) is 33.6 Å². The number of ether oxygens (including phenoxy) is 4. The molecular formula is C45H80N4O13. The first-order valence-corrected chi connectivity index (χ1v) is 23.2. The van der Waals surface area contributed by atoms with Crippen molar-refractivity contribution in [1.82, 2.24) is 15.9 Å². The maximum Gasteiger partial charge on any atom is 0.309 e. The molecule has 1 aliphatic heterocycles. The molecule has 7 N–H and O–H groups in total. The molecule has 0 unspecified atom stereocenters. The van der Waals surface area contributed by atoms with Gasteiger partial charge in [-0.15, -0.1) is 0 Å². The van der Waals surface area contributed by atoms with E-state index >= 15 is 0 Å². The smallest absolute Gasteiger partial charge is 0.309 e. The predicted octanol–water partition coefficient (Wildman–Crippen LogP) is 5.05. The quantitative estimate of drug-likeness (QED) is 0.0356. The van der Waals surface area contributed by atoms with Crippen molar-refractivity contribution in [3.63, 3.8) is 0 Å². The second-order valence-corrected chi connectivity index (χ2v) is 16.6. The van der Waals surface area contributed by atoms with Crippen molar-refractivity contribution in [3.05, 3.63) is 0 Å². The highest BCUT2D eigenvalue weighted by Gasteiger charge is 2.43. The molecule has 0 saturated carbocycles. The summed E-state index contributed by atoms with van der Waals surface area (Å²) < 4.78 is 31.3. The normalized spacial score (nSPS) is 19.5. The summed E-state index contributed by atoms with van der Waals surface area (Å²) in [4.78, 5) is 87.0. The van der Waals surface area contributed by atoms with Gasteiger partial charge in [0.1, 0.15) is 49.2 Å². The number of hydrogen-bond donors (Lipinski definition) is 6. The number of rotatable bonds is 36. The molecule has 0 radical (unpaired) electrons. The lowest BCUT2D eigenvalue weighted by Gasteiger charge is -2.41. The number of amides is 4. The third-order valence-electron chi connectivity index (χ3n) is 10.9. The van der Waals surface area contributed by atoms with Crippen molar-refractivity contribution in [3.8, 4) is 0 Å². The Labute approximate surface area is 370 Å². The zero-order chi connectivity index (χ0) is 47.2. The van der Waals surface area contributed by atoms with E-state index < -0.39 is 97.2 Å². The monoisotopic (exact) mass is 886 g/mol. The van der Waals surface area contributed by atoms with E-state index in [0.717, 1.165) is 44.9 Å². The lowest BCUT2D eigenvalue weighted by Crippen LogP contribution is -2.62. The summed E-state index contributed by atoms with van der Waals surface area (Å²) in [5, 5.41) is 25.5. The van der Waals surface area contributed by atoms with Gasteiger partial charge in [-0.1, -0.05) is 117 Å². The molecule has 0 spiro atoms. The minimum absolute atomic E-state index is 0.186. The third kappa shape index (κ3) is 25.9. The van der Waals surface area contributed by atoms with Gasteiger partial charge in [-0.05, 0) is 39.5 Å². The predicted molar refractivity (Wildman–Crippen MR) is 232 cm³/mol. The molecular weight excluding hydrogens is 805 g/mol. The summed E-state index contributed by atoms with van der Waals surface area (Å²) >= 11 is 0. The van der Waals surface area contributed by atoms with Crippen LogP contribution >= 0.6 is 0 Å². The van der Waals surface area contributed by atoms with Crippen LogP contribution in [0.25, 0.3) is 0 Å². The summed E-state index contributed by atoms with van der Waals surface area (Å²) in [5.41, 5.74) is 5.29. The van der Waals surface area contributed by atoms with Crippen molar-refractivity contribution in [2.45, 2.75) is 231 Å². The molecule has 0 aromatic heterocycles. The van der Waals surface area contributed by atoms with Gasteiger partial charge >= 0.3 is 17.9 Å². The van der Waals surface area contributed by atoms with Crippen LogP contribution in [0.2, 0.25) is 1.41 Å². The highest BCUT2D eigenvalue weighted by Crippen LogP contribution is 2.22. The second kappa shape index (κ2) is 33.7. The van der Waals surface area contributed by atoms with Gasteiger partial charge in [0, 0.05) is 19.8 Å². The highest BCUT2D eigenvalue weighted by atomic mass is 16.6. The fraction of sp³-hybridized carbons (Fsp3) is 0.844. The molecule has 1 saturated heterocycles. The average molecular weight is 886 g/mol. The van der Waals surface area contributed by atoms with Crippen LogP contribution in [-0.4, -0.2) is 114 Å². The molecule has 358 valence electrons. The Bertz CT molecular complexity index is 1370. The number of aliphatic carboxylic acids is 1. The molecule has 0 bridgehead atoms. The Kier molecular flexibility index (Phi) is 29.5. The minimum atomic E-state index is -1.55. The molecule has 1 heterocycles. The van der Waals surface area contributed by atoms with Crippen LogP contribution in [0.5, 0.6) is 0 Å². The van der Waals surface area contributed by atoms with Crippen LogP contribution in [-0.2, 0) is 52.5 Å². The van der Waals surface area contributed by atoms with Gasteiger partial charge in [0.2, 0.25) is 23.6 Å². The van der Waals surface area contributed by atoms with Crippen LogP contribution in [0, 0.1) is 0 Å². The van der Waals surface area contributed by atoms with Crippen LogP contribution in [0.1, 0.15) is 182 Å². The van der Waals surface area contributed by atoms with E-state index in [4.69, 9.17) is 31.2 Å². The molecule has 1 rings (SSSR count). The SMILES string of the molecule is [2H]N(C(=O)[C@@H](C)O[C@H]1[C@H](O)[C@@H](COC(=O)C[C@@H](CCCCCCCCCCC)OC(=O)CCCCCCCCCCC)OC[C@@H]1NC(C)=O)[C@@H](C)C(=O)N[C@@H](CCC(=O)O)C(N)=O. The van der Waals surface area contributed by atoms with Gasteiger partial charge in [0.15, 0.2) is 1.41 Å². The van der Waals surface area contributed by atoms with E-state index in [1.165, 1.54) is 85.0 Å². The Morgan fingerprint density at radius 2 is 1.32 bits per heavy atom. The van der Waals surface area contributed by atoms with Crippen molar-refractivity contribution < 1.29 is 64.1 Å². The second-order valence-electron chi connectivity index (χ2n) is 16.6. The van der Waals surface area contributed by atoms with Gasteiger partial charge in [0.25, 0.3) is 0 Å². The van der Waals surface area contributed by atoms with E-state index in [2.05, 4.69) is 24.5 Å². The Hall–Kier alpha value is -3.83. The molecule has 1 aliphatic rings. The van der Waals surface area contributed by atoms with E-state index in [-0.39, 0.29) is 31.8 Å². The number of nitrogens with one attached hydrogen (secondary N) is 3. The van der Waals surface area contributed by atoms with Crippen LogP contribution in [0.4, 0.5) is 0 Å². The number of carbonyl (C=O) groups excluding carboxylic acids is 6. The number of carboxylic acid groups (broad SMARTS) is 1. The lowest BCUT2D eigenvalue weighted by molar-refractivity contribution is -0.198. The average Bonchev–Trinajstić information content (AvgIpc) is 3.23. The summed E-state index contributed by atoms with van der Waals surface area (Å²) in [6.45, 7) is 7.49. The molecule has 1 fully saturated rings. The van der Waals surface area contributed by atoms with Crippen LogP contribution in [0.15, 0.2) is 0 Å². The van der Waals surface area contributed by atoms with Crippen molar-refractivity contribution in [1.29, 1.82) is 0 Å². The van der Waals surface area contributed by atoms with Crippen molar-refractivity contribution in [2.75, 3.05) is 13.2 Å². The van der Waals surface area contributed by atoms with Gasteiger partial charge in [-0.25, -0.2) is 0 Å². The van der Waals surface area contributed by atoms with Crippen LogP contribution < -0.4 is 21.7 Å². The molecule has 0 aromatic rings. The third-order valence-corrected chi connectivity index (χ3v) is 10.9. The maximum atomic E-state index is 13.3. The molecule has 4 amide bonds. The number of nitrogens with two attached hydrogens (primary N) is 1. The van der Waals surface area contributed by atoms with Gasteiger partial charge in [0.05, 0.1) is 19.1 Å². The fourth-order valence-corrected chi connectivity index (χ4v) is 7.20. The fourth-order valence-electron chi connectivity index (χ4n) is 7.20. The minimum Gasteiger partial charge on any atom is -0.481 e. The number of carbonyl (C=O) groups is 7. The van der Waals surface area contributed by atoms with E-state index in [0.29, 0.717) is 18.2 Å². The lowest BCUT2D eigenvalue weighted by atomic mass is 9.97. The van der Waals surface area contributed by atoms with Crippen LogP contribution in [0.3, 0.4) is 0 Å². The molecule has 0 aliphatic carbocycles. The van der Waals surface area contributed by atoms with Crippen molar-refractivity contribution in [2.24, 2.45) is 5.73 Å².